The fourth-order valence-corrected chi connectivity index (χ4v) is 9.51. The summed E-state index contributed by atoms with van der Waals surface area (Å²) < 4.78 is 6.27. The number of fused-ring (bicyclic) bond motifs is 1. The molecule has 0 bridgehead atoms. The molecule has 52 heavy (non-hydrogen) atoms. The Bertz CT molecular complexity index is 1080. The van der Waals surface area contributed by atoms with Crippen LogP contribution >= 0.6 is 0 Å². The minimum absolute atomic E-state index is 0.0413. The van der Waals surface area contributed by atoms with Gasteiger partial charge in [0.05, 0.1) is 27.9 Å². The summed E-state index contributed by atoms with van der Waals surface area (Å²) in [5.74, 6) is 1.14. The molecular formula is C44H78B2O6. The third-order valence-electron chi connectivity index (χ3n) is 13.4. The van der Waals surface area contributed by atoms with E-state index in [4.69, 9.17) is 20.4 Å². The van der Waals surface area contributed by atoms with Crippen LogP contribution in [0, 0.1) is 46.3 Å². The van der Waals surface area contributed by atoms with E-state index in [0.717, 1.165) is 109 Å². The summed E-state index contributed by atoms with van der Waals surface area (Å²) in [5, 5.41) is 21.6. The summed E-state index contributed by atoms with van der Waals surface area (Å²) in [6.45, 7) is 17.1. The molecule has 0 spiro atoms. The first kappa shape index (κ1) is 47.2. The van der Waals surface area contributed by atoms with Crippen molar-refractivity contribution in [3.05, 3.63) is 0 Å². The van der Waals surface area contributed by atoms with Crippen molar-refractivity contribution in [1.29, 1.82) is 0 Å². The van der Waals surface area contributed by atoms with Crippen LogP contribution in [0.15, 0.2) is 0 Å². The largest absolute Gasteiger partial charge is 0.392 e. The maximum absolute atomic E-state index is 12.7. The van der Waals surface area contributed by atoms with Gasteiger partial charge in [0.2, 0.25) is 0 Å². The molecule has 8 heteroatoms. The number of rotatable bonds is 23. The number of unbranched alkanes of at least 4 members (excludes halogenated alkanes) is 6. The summed E-state index contributed by atoms with van der Waals surface area (Å²) in [6.07, 6.45) is 18.8. The molecular weight excluding hydrogens is 646 g/mol. The van der Waals surface area contributed by atoms with E-state index in [1.807, 2.05) is 13.8 Å². The molecule has 2 saturated carbocycles. The fourth-order valence-electron chi connectivity index (χ4n) is 9.51. The number of carbonyl (C=O) groups excluding carboxylic acids is 3. The van der Waals surface area contributed by atoms with Crippen LogP contribution in [0.1, 0.15) is 184 Å². The summed E-state index contributed by atoms with van der Waals surface area (Å²) >= 11 is 0. The van der Waals surface area contributed by atoms with Gasteiger partial charge in [-0.15, -0.1) is 0 Å². The van der Waals surface area contributed by atoms with Gasteiger partial charge in [-0.3, -0.25) is 14.4 Å². The molecule has 2 aliphatic carbocycles. The first-order chi connectivity index (χ1) is 24.5. The highest BCUT2D eigenvalue weighted by Crippen LogP contribution is 2.51. The second kappa shape index (κ2) is 22.5. The van der Waals surface area contributed by atoms with Crippen LogP contribution in [0.25, 0.3) is 0 Å². The topological polar surface area (TPSA) is 101 Å². The number of ether oxygens (including phenoxy) is 1. The van der Waals surface area contributed by atoms with Gasteiger partial charge in [-0.25, -0.2) is 0 Å². The molecule has 9 unspecified atom stereocenters. The second-order valence-corrected chi connectivity index (χ2v) is 18.6. The average Bonchev–Trinajstić information content (AvgIpc) is 3.54. The van der Waals surface area contributed by atoms with Gasteiger partial charge in [-0.05, 0) is 62.2 Å². The van der Waals surface area contributed by atoms with Gasteiger partial charge in [0.1, 0.15) is 17.3 Å². The smallest absolute Gasteiger partial charge is 0.170 e. The molecule has 3 fully saturated rings. The Labute approximate surface area is 322 Å². The number of aliphatic hydroxyl groups is 2. The normalized spacial score (nSPS) is 29.0. The first-order valence-corrected chi connectivity index (χ1v) is 21.5. The lowest BCUT2D eigenvalue weighted by molar-refractivity contribution is -0.317. The van der Waals surface area contributed by atoms with Crippen molar-refractivity contribution < 1.29 is 29.3 Å². The van der Waals surface area contributed by atoms with E-state index in [2.05, 4.69) is 41.5 Å². The van der Waals surface area contributed by atoms with Gasteiger partial charge >= 0.3 is 0 Å². The Balaban J connectivity index is 0.000000360. The average molecular weight is 725 g/mol. The van der Waals surface area contributed by atoms with Crippen molar-refractivity contribution in [2.24, 2.45) is 46.3 Å². The molecule has 2 N–H and O–H groups in total. The Morgan fingerprint density at radius 3 is 1.88 bits per heavy atom. The van der Waals surface area contributed by atoms with Gasteiger partial charge in [0, 0.05) is 48.3 Å². The van der Waals surface area contributed by atoms with Crippen molar-refractivity contribution in [3.63, 3.8) is 0 Å². The predicted molar refractivity (Wildman–Crippen MR) is 216 cm³/mol. The maximum Gasteiger partial charge on any atom is 0.170 e. The van der Waals surface area contributed by atoms with Crippen LogP contribution in [0.2, 0.25) is 12.6 Å². The molecule has 9 atom stereocenters. The van der Waals surface area contributed by atoms with E-state index in [1.54, 1.807) is 0 Å². The highest BCUT2D eigenvalue weighted by Gasteiger charge is 2.55. The molecule has 0 amide bonds. The third kappa shape index (κ3) is 13.9. The van der Waals surface area contributed by atoms with E-state index < -0.39 is 11.9 Å². The van der Waals surface area contributed by atoms with Crippen molar-refractivity contribution >= 4 is 33.0 Å². The standard InChI is InChI=1S/2C22H39BO3/c1-5-16(2)15-21(3,4)22(25)12-11-18-17(10-8-6-7-9-13-23)19(24)14-20(18)26-22;1-5-16(2)15-22(3,4)21(26)12-11-18-17(19(24)14-20(18)25)10-8-6-7-9-13-23/h2*16-18,20,25H,5-15H2,1-4H3. The van der Waals surface area contributed by atoms with E-state index in [0.29, 0.717) is 49.2 Å². The zero-order valence-corrected chi connectivity index (χ0v) is 34.9. The van der Waals surface area contributed by atoms with E-state index in [-0.39, 0.29) is 52.7 Å². The van der Waals surface area contributed by atoms with Crippen molar-refractivity contribution in [2.45, 2.75) is 214 Å². The zero-order chi connectivity index (χ0) is 39.1. The lowest BCUT2D eigenvalue weighted by atomic mass is 9.71. The number of ketones is 3. The predicted octanol–water partition coefficient (Wildman–Crippen LogP) is 9.96. The Kier molecular flexibility index (Phi) is 20.4. The van der Waals surface area contributed by atoms with Crippen molar-refractivity contribution in [2.75, 3.05) is 0 Å². The minimum Gasteiger partial charge on any atom is -0.392 e. The highest BCUT2D eigenvalue weighted by atomic mass is 16.6. The Morgan fingerprint density at radius 1 is 0.808 bits per heavy atom. The van der Waals surface area contributed by atoms with Crippen molar-refractivity contribution in [3.8, 4) is 0 Å². The maximum atomic E-state index is 12.7. The molecule has 0 aromatic carbocycles. The van der Waals surface area contributed by atoms with Crippen LogP contribution in [-0.2, 0) is 19.1 Å². The molecule has 296 valence electrons. The van der Waals surface area contributed by atoms with Crippen LogP contribution in [-0.4, -0.2) is 61.3 Å². The van der Waals surface area contributed by atoms with Crippen LogP contribution in [0.3, 0.4) is 0 Å². The third-order valence-corrected chi connectivity index (χ3v) is 13.4. The van der Waals surface area contributed by atoms with E-state index >= 15 is 0 Å². The van der Waals surface area contributed by atoms with Crippen LogP contribution in [0.4, 0.5) is 0 Å². The van der Waals surface area contributed by atoms with E-state index in [1.165, 1.54) is 0 Å². The highest BCUT2D eigenvalue weighted by molar-refractivity contribution is 6.08. The van der Waals surface area contributed by atoms with Gasteiger partial charge in [-0.2, -0.15) is 0 Å². The van der Waals surface area contributed by atoms with E-state index in [9.17, 15) is 24.6 Å². The fraction of sp³-hybridized carbons (Fsp3) is 0.932. The molecule has 1 saturated heterocycles. The molecule has 4 radical (unpaired) electrons. The van der Waals surface area contributed by atoms with Crippen molar-refractivity contribution in [1.82, 2.24) is 0 Å². The molecule has 0 aromatic rings. The Hall–Kier alpha value is -0.980. The molecule has 1 aliphatic heterocycles. The number of hydrogen-bond donors (Lipinski definition) is 2. The summed E-state index contributed by atoms with van der Waals surface area (Å²) in [7, 11) is 11.1. The molecule has 3 aliphatic rings. The van der Waals surface area contributed by atoms with Crippen LogP contribution in [0.5, 0.6) is 0 Å². The summed E-state index contributed by atoms with van der Waals surface area (Å²) in [6, 6.07) is 0. The number of aliphatic hydroxyl groups excluding tert-OH is 1. The van der Waals surface area contributed by atoms with Gasteiger partial charge < -0.3 is 14.9 Å². The number of carbonyl (C=O) groups is 3. The lowest BCUT2D eigenvalue weighted by Gasteiger charge is -2.49. The van der Waals surface area contributed by atoms with Gasteiger partial charge in [0.15, 0.2) is 5.79 Å². The second-order valence-electron chi connectivity index (χ2n) is 18.6. The van der Waals surface area contributed by atoms with Gasteiger partial charge in [-0.1, -0.05) is 132 Å². The number of hydrogen-bond acceptors (Lipinski definition) is 6. The molecule has 0 aromatic heterocycles. The van der Waals surface area contributed by atoms with Crippen LogP contribution < -0.4 is 0 Å². The summed E-state index contributed by atoms with van der Waals surface area (Å²) in [4.78, 5) is 37.6. The first-order valence-electron chi connectivity index (χ1n) is 21.5. The van der Waals surface area contributed by atoms with Gasteiger partial charge in [0.25, 0.3) is 0 Å². The quantitative estimate of drug-likeness (QED) is 0.0804. The Morgan fingerprint density at radius 2 is 1.33 bits per heavy atom. The minimum atomic E-state index is -1.10. The monoisotopic (exact) mass is 725 g/mol. The molecule has 1 heterocycles. The summed E-state index contributed by atoms with van der Waals surface area (Å²) in [5.41, 5.74) is -0.614. The zero-order valence-electron chi connectivity index (χ0n) is 34.9. The molecule has 6 nitrogen and oxygen atoms in total. The lowest BCUT2D eigenvalue weighted by Crippen LogP contribution is -2.54. The SMILES string of the molecule is [B]CCCCCCC1C(=O)CC(O)C1CCC(=O)C(C)(C)CC(C)CC.[B]CCCCCCC1C(=O)CC2OC(O)(C(C)(C)CC(C)CC)CCC21. The number of Topliss-reactive ketones (excluding diaryl/α,β-unsaturated/α-hetero) is 3. The molecule has 3 rings (SSSR count).